The van der Waals surface area contributed by atoms with Gasteiger partial charge in [0.1, 0.15) is 6.33 Å². The van der Waals surface area contributed by atoms with E-state index < -0.39 is 0 Å². The van der Waals surface area contributed by atoms with Crippen molar-refractivity contribution in [2.75, 3.05) is 12.3 Å². The summed E-state index contributed by atoms with van der Waals surface area (Å²) in [5.41, 5.74) is 0.992. The molecular weight excluding hydrogens is 272 g/mol. The largest absolute Gasteiger partial charge is 0.355 e. The minimum absolute atomic E-state index is 0.0334. The Morgan fingerprint density at radius 2 is 2.15 bits per heavy atom. The van der Waals surface area contributed by atoms with Gasteiger partial charge in [-0.1, -0.05) is 43.3 Å². The van der Waals surface area contributed by atoms with Crippen molar-refractivity contribution in [3.8, 4) is 5.69 Å². The number of carbonyl (C=O) groups is 1. The van der Waals surface area contributed by atoms with Crippen LogP contribution in [0.1, 0.15) is 19.8 Å². The van der Waals surface area contributed by atoms with Crippen LogP contribution in [-0.4, -0.2) is 33.0 Å². The maximum absolute atomic E-state index is 11.7. The Hall–Kier alpha value is -1.82. The Morgan fingerprint density at radius 3 is 2.90 bits per heavy atom. The molecule has 0 aliphatic carbocycles. The molecule has 0 aliphatic rings. The van der Waals surface area contributed by atoms with Crippen molar-refractivity contribution >= 4 is 17.7 Å². The highest BCUT2D eigenvalue weighted by molar-refractivity contribution is 7.99. The van der Waals surface area contributed by atoms with E-state index in [-0.39, 0.29) is 5.91 Å². The molecule has 0 spiro atoms. The second kappa shape index (κ2) is 7.69. The van der Waals surface area contributed by atoms with Crippen molar-refractivity contribution in [2.45, 2.75) is 24.9 Å². The molecule has 0 fully saturated rings. The molecule has 1 aromatic heterocycles. The van der Waals surface area contributed by atoms with E-state index in [0.29, 0.717) is 5.75 Å². The standard InChI is InChI=1S/C14H18N4OS/c1-2-3-9-15-13(19)10-20-14-17-16-11-18(14)12-7-5-4-6-8-12/h4-8,11H,2-3,9-10H2,1H3,(H,15,19). The molecule has 1 aromatic carbocycles. The van der Waals surface area contributed by atoms with E-state index in [1.165, 1.54) is 11.8 Å². The van der Waals surface area contributed by atoms with Gasteiger partial charge in [-0.05, 0) is 18.6 Å². The van der Waals surface area contributed by atoms with Crippen molar-refractivity contribution in [3.63, 3.8) is 0 Å². The van der Waals surface area contributed by atoms with E-state index >= 15 is 0 Å². The maximum Gasteiger partial charge on any atom is 0.230 e. The molecule has 0 bridgehead atoms. The quantitative estimate of drug-likeness (QED) is 0.628. The number of hydrogen-bond acceptors (Lipinski definition) is 4. The molecule has 0 saturated carbocycles. The minimum Gasteiger partial charge on any atom is -0.355 e. The molecule has 1 amide bonds. The van der Waals surface area contributed by atoms with Crippen LogP contribution in [0.5, 0.6) is 0 Å². The number of amides is 1. The number of unbranched alkanes of at least 4 members (excludes halogenated alkanes) is 1. The Kier molecular flexibility index (Phi) is 5.61. The SMILES string of the molecule is CCCCNC(=O)CSc1nncn1-c1ccccc1. The molecule has 2 rings (SSSR count). The number of hydrogen-bond donors (Lipinski definition) is 1. The fraction of sp³-hybridized carbons (Fsp3) is 0.357. The van der Waals surface area contributed by atoms with Crippen LogP contribution in [0.3, 0.4) is 0 Å². The fourth-order valence-electron chi connectivity index (χ4n) is 1.67. The van der Waals surface area contributed by atoms with Gasteiger partial charge in [-0.3, -0.25) is 9.36 Å². The summed E-state index contributed by atoms with van der Waals surface area (Å²) in [4.78, 5) is 11.7. The van der Waals surface area contributed by atoms with Crippen molar-refractivity contribution in [1.29, 1.82) is 0 Å². The molecule has 2 aromatic rings. The van der Waals surface area contributed by atoms with E-state index in [0.717, 1.165) is 30.2 Å². The highest BCUT2D eigenvalue weighted by Crippen LogP contribution is 2.18. The monoisotopic (exact) mass is 290 g/mol. The van der Waals surface area contributed by atoms with Crippen LogP contribution in [0, 0.1) is 0 Å². The van der Waals surface area contributed by atoms with Gasteiger partial charge in [-0.2, -0.15) is 0 Å². The van der Waals surface area contributed by atoms with Crippen LogP contribution in [0.25, 0.3) is 5.69 Å². The lowest BCUT2D eigenvalue weighted by Crippen LogP contribution is -2.26. The zero-order valence-electron chi connectivity index (χ0n) is 11.5. The summed E-state index contributed by atoms with van der Waals surface area (Å²) in [7, 11) is 0. The molecular formula is C14H18N4OS. The van der Waals surface area contributed by atoms with Crippen LogP contribution in [0.2, 0.25) is 0 Å². The van der Waals surface area contributed by atoms with E-state index in [9.17, 15) is 4.79 Å². The summed E-state index contributed by atoms with van der Waals surface area (Å²) in [6, 6.07) is 9.84. The van der Waals surface area contributed by atoms with E-state index in [2.05, 4.69) is 22.4 Å². The van der Waals surface area contributed by atoms with Gasteiger partial charge in [-0.25, -0.2) is 0 Å². The maximum atomic E-state index is 11.7. The average Bonchev–Trinajstić information content (AvgIpc) is 2.95. The summed E-state index contributed by atoms with van der Waals surface area (Å²) in [6.07, 6.45) is 3.75. The molecule has 0 aliphatic heterocycles. The van der Waals surface area contributed by atoms with Gasteiger partial charge < -0.3 is 5.32 Å². The summed E-state index contributed by atoms with van der Waals surface area (Å²) < 4.78 is 1.88. The molecule has 6 heteroatoms. The number of aromatic nitrogens is 3. The summed E-state index contributed by atoms with van der Waals surface area (Å²) >= 11 is 1.39. The van der Waals surface area contributed by atoms with E-state index in [4.69, 9.17) is 0 Å². The molecule has 20 heavy (non-hydrogen) atoms. The molecule has 5 nitrogen and oxygen atoms in total. The van der Waals surface area contributed by atoms with E-state index in [1.54, 1.807) is 6.33 Å². The number of thioether (sulfide) groups is 1. The smallest absolute Gasteiger partial charge is 0.230 e. The van der Waals surface area contributed by atoms with Crippen LogP contribution in [0.4, 0.5) is 0 Å². The molecule has 1 heterocycles. The highest BCUT2D eigenvalue weighted by Gasteiger charge is 2.09. The highest BCUT2D eigenvalue weighted by atomic mass is 32.2. The lowest BCUT2D eigenvalue weighted by Gasteiger charge is -2.06. The van der Waals surface area contributed by atoms with Gasteiger partial charge >= 0.3 is 0 Å². The van der Waals surface area contributed by atoms with Crippen molar-refractivity contribution < 1.29 is 4.79 Å². The number of rotatable bonds is 7. The van der Waals surface area contributed by atoms with Crippen LogP contribution in [0.15, 0.2) is 41.8 Å². The predicted molar refractivity (Wildman–Crippen MR) is 80.0 cm³/mol. The van der Waals surface area contributed by atoms with Gasteiger partial charge in [-0.15, -0.1) is 10.2 Å². The number of benzene rings is 1. The lowest BCUT2D eigenvalue weighted by molar-refractivity contribution is -0.118. The lowest BCUT2D eigenvalue weighted by atomic mass is 10.3. The second-order valence-corrected chi connectivity index (χ2v) is 5.25. The van der Waals surface area contributed by atoms with Crippen molar-refractivity contribution in [1.82, 2.24) is 20.1 Å². The molecule has 0 radical (unpaired) electrons. The van der Waals surface area contributed by atoms with Gasteiger partial charge in [0, 0.05) is 12.2 Å². The first-order valence-corrected chi connectivity index (χ1v) is 7.64. The van der Waals surface area contributed by atoms with Crippen LogP contribution < -0.4 is 5.32 Å². The number of para-hydroxylation sites is 1. The Balaban J connectivity index is 1.91. The summed E-state index contributed by atoms with van der Waals surface area (Å²) in [6.45, 7) is 2.84. The van der Waals surface area contributed by atoms with Crippen LogP contribution in [-0.2, 0) is 4.79 Å². The third-order valence-electron chi connectivity index (χ3n) is 2.74. The molecule has 1 N–H and O–H groups in total. The number of carbonyl (C=O) groups excluding carboxylic acids is 1. The summed E-state index contributed by atoms with van der Waals surface area (Å²) in [5.74, 6) is 0.390. The van der Waals surface area contributed by atoms with Crippen LogP contribution >= 0.6 is 11.8 Å². The normalized spacial score (nSPS) is 10.4. The fourth-order valence-corrected chi connectivity index (χ4v) is 2.43. The Bertz CT molecular complexity index is 541. The predicted octanol–water partition coefficient (Wildman–Crippen LogP) is 2.28. The van der Waals surface area contributed by atoms with Gasteiger partial charge in [0.05, 0.1) is 5.75 Å². The summed E-state index contributed by atoms with van der Waals surface area (Å²) in [5, 5.41) is 11.6. The molecule has 106 valence electrons. The molecule has 0 unspecified atom stereocenters. The number of nitrogens with zero attached hydrogens (tertiary/aromatic N) is 3. The van der Waals surface area contributed by atoms with Gasteiger partial charge in [0.25, 0.3) is 0 Å². The first kappa shape index (κ1) is 14.6. The Morgan fingerprint density at radius 1 is 1.35 bits per heavy atom. The third-order valence-corrected chi connectivity index (χ3v) is 3.68. The molecule has 0 atom stereocenters. The first-order valence-electron chi connectivity index (χ1n) is 6.66. The molecule has 0 saturated heterocycles. The Labute approximate surface area is 122 Å². The average molecular weight is 290 g/mol. The minimum atomic E-state index is 0.0334. The van der Waals surface area contributed by atoms with Gasteiger partial charge in [0.15, 0.2) is 5.16 Å². The van der Waals surface area contributed by atoms with Crippen molar-refractivity contribution in [3.05, 3.63) is 36.7 Å². The second-order valence-electron chi connectivity index (χ2n) is 4.31. The third kappa shape index (κ3) is 4.09. The topological polar surface area (TPSA) is 59.8 Å². The van der Waals surface area contributed by atoms with Crippen molar-refractivity contribution in [2.24, 2.45) is 0 Å². The number of nitrogens with one attached hydrogen (secondary N) is 1. The first-order chi connectivity index (χ1) is 9.81. The van der Waals surface area contributed by atoms with E-state index in [1.807, 2.05) is 34.9 Å². The van der Waals surface area contributed by atoms with Gasteiger partial charge in [0.2, 0.25) is 5.91 Å². The zero-order chi connectivity index (χ0) is 14.2. The zero-order valence-corrected chi connectivity index (χ0v) is 12.3.